The Labute approximate surface area is 109 Å². The normalized spacial score (nSPS) is 12.7. The summed E-state index contributed by atoms with van der Waals surface area (Å²) in [5, 5.41) is 11.9. The summed E-state index contributed by atoms with van der Waals surface area (Å²) in [4.78, 5) is 10.5. The molecule has 1 unspecified atom stereocenters. The number of rotatable bonds is 7. The number of carbonyl (C=O) groups is 1. The van der Waals surface area contributed by atoms with Gasteiger partial charge in [-0.15, -0.1) is 0 Å². The SMILES string of the molecule is CC(CNCc1ccc(C(C)C)cc1)CC(=O)O. The number of aliphatic carboxylic acids is 1. The van der Waals surface area contributed by atoms with Crippen LogP contribution >= 0.6 is 0 Å². The number of hydrogen-bond donors (Lipinski definition) is 2. The summed E-state index contributed by atoms with van der Waals surface area (Å²) in [6, 6.07) is 8.57. The van der Waals surface area contributed by atoms with Gasteiger partial charge in [-0.1, -0.05) is 45.0 Å². The molecule has 0 saturated carbocycles. The molecule has 0 spiro atoms. The molecular formula is C15H23NO2. The number of carboxylic acids is 1. The van der Waals surface area contributed by atoms with Crippen LogP contribution in [0.2, 0.25) is 0 Å². The molecule has 0 saturated heterocycles. The molecule has 18 heavy (non-hydrogen) atoms. The third-order valence-electron chi connectivity index (χ3n) is 2.99. The standard InChI is InChI=1S/C15H23NO2/c1-11(2)14-6-4-13(5-7-14)10-16-9-12(3)8-15(17)18/h4-7,11-12,16H,8-10H2,1-3H3,(H,17,18). The Balaban J connectivity index is 2.33. The minimum atomic E-state index is -0.731. The van der Waals surface area contributed by atoms with Crippen LogP contribution < -0.4 is 5.32 Å². The second-order valence-electron chi connectivity index (χ2n) is 5.23. The molecule has 0 aliphatic heterocycles. The number of benzene rings is 1. The fourth-order valence-corrected chi connectivity index (χ4v) is 1.85. The van der Waals surface area contributed by atoms with Crippen molar-refractivity contribution in [3.8, 4) is 0 Å². The predicted octanol–water partition coefficient (Wildman–Crippen LogP) is 3.01. The zero-order chi connectivity index (χ0) is 13.5. The first-order chi connectivity index (χ1) is 8.49. The van der Waals surface area contributed by atoms with Gasteiger partial charge in [0.2, 0.25) is 0 Å². The lowest BCUT2D eigenvalue weighted by atomic mass is 10.0. The van der Waals surface area contributed by atoms with E-state index in [0.29, 0.717) is 5.92 Å². The summed E-state index contributed by atoms with van der Waals surface area (Å²) in [6.07, 6.45) is 0.222. The molecule has 0 heterocycles. The highest BCUT2D eigenvalue weighted by molar-refractivity contribution is 5.66. The first-order valence-electron chi connectivity index (χ1n) is 6.50. The molecule has 0 aliphatic carbocycles. The van der Waals surface area contributed by atoms with Gasteiger partial charge < -0.3 is 10.4 Å². The van der Waals surface area contributed by atoms with Crippen molar-refractivity contribution < 1.29 is 9.90 Å². The maximum atomic E-state index is 10.5. The zero-order valence-electron chi connectivity index (χ0n) is 11.4. The van der Waals surface area contributed by atoms with Crippen molar-refractivity contribution in [1.29, 1.82) is 0 Å². The summed E-state index contributed by atoms with van der Waals surface area (Å²) < 4.78 is 0. The van der Waals surface area contributed by atoms with Crippen molar-refractivity contribution in [2.24, 2.45) is 5.92 Å². The fraction of sp³-hybridized carbons (Fsp3) is 0.533. The van der Waals surface area contributed by atoms with Gasteiger partial charge in [0.15, 0.2) is 0 Å². The van der Waals surface area contributed by atoms with Gasteiger partial charge in [-0.3, -0.25) is 4.79 Å². The van der Waals surface area contributed by atoms with Crippen LogP contribution in [0.15, 0.2) is 24.3 Å². The van der Waals surface area contributed by atoms with Crippen LogP contribution in [0.4, 0.5) is 0 Å². The van der Waals surface area contributed by atoms with Crippen molar-refractivity contribution in [3.05, 3.63) is 35.4 Å². The average Bonchev–Trinajstić information content (AvgIpc) is 2.28. The molecule has 0 fully saturated rings. The Bertz CT molecular complexity index is 371. The second-order valence-corrected chi connectivity index (χ2v) is 5.23. The van der Waals surface area contributed by atoms with E-state index in [1.807, 2.05) is 6.92 Å². The van der Waals surface area contributed by atoms with Crippen molar-refractivity contribution in [2.75, 3.05) is 6.54 Å². The fourth-order valence-electron chi connectivity index (χ4n) is 1.85. The van der Waals surface area contributed by atoms with Gasteiger partial charge in [0.25, 0.3) is 0 Å². The van der Waals surface area contributed by atoms with E-state index in [0.717, 1.165) is 13.1 Å². The maximum Gasteiger partial charge on any atom is 0.303 e. The van der Waals surface area contributed by atoms with Gasteiger partial charge in [-0.25, -0.2) is 0 Å². The van der Waals surface area contributed by atoms with E-state index in [2.05, 4.69) is 43.4 Å². The lowest BCUT2D eigenvalue weighted by molar-refractivity contribution is -0.137. The lowest BCUT2D eigenvalue weighted by Crippen LogP contribution is -2.22. The molecule has 0 amide bonds. The van der Waals surface area contributed by atoms with Crippen LogP contribution in [0.5, 0.6) is 0 Å². The van der Waals surface area contributed by atoms with E-state index in [-0.39, 0.29) is 12.3 Å². The van der Waals surface area contributed by atoms with Gasteiger partial charge in [0, 0.05) is 13.0 Å². The molecule has 0 aliphatic rings. The number of nitrogens with one attached hydrogen (secondary N) is 1. The van der Waals surface area contributed by atoms with E-state index in [1.165, 1.54) is 11.1 Å². The van der Waals surface area contributed by atoms with E-state index in [1.54, 1.807) is 0 Å². The van der Waals surface area contributed by atoms with Gasteiger partial charge in [0.05, 0.1) is 0 Å². The zero-order valence-corrected chi connectivity index (χ0v) is 11.4. The minimum Gasteiger partial charge on any atom is -0.481 e. The third kappa shape index (κ3) is 5.32. The molecule has 0 aromatic heterocycles. The van der Waals surface area contributed by atoms with Crippen LogP contribution in [0, 0.1) is 5.92 Å². The largest absolute Gasteiger partial charge is 0.481 e. The minimum absolute atomic E-state index is 0.164. The van der Waals surface area contributed by atoms with E-state index in [9.17, 15) is 4.79 Å². The van der Waals surface area contributed by atoms with Crippen LogP contribution in [-0.4, -0.2) is 17.6 Å². The lowest BCUT2D eigenvalue weighted by Gasteiger charge is -2.11. The first-order valence-corrected chi connectivity index (χ1v) is 6.50. The molecule has 1 aromatic carbocycles. The smallest absolute Gasteiger partial charge is 0.303 e. The Morgan fingerprint density at radius 2 is 1.83 bits per heavy atom. The van der Waals surface area contributed by atoms with E-state index < -0.39 is 5.97 Å². The predicted molar refractivity (Wildman–Crippen MR) is 73.7 cm³/mol. The summed E-state index contributed by atoms with van der Waals surface area (Å²) in [5.41, 5.74) is 2.58. The summed E-state index contributed by atoms with van der Waals surface area (Å²) >= 11 is 0. The van der Waals surface area contributed by atoms with E-state index >= 15 is 0 Å². The Hall–Kier alpha value is -1.35. The highest BCUT2D eigenvalue weighted by Crippen LogP contribution is 2.14. The molecular weight excluding hydrogens is 226 g/mol. The Morgan fingerprint density at radius 3 is 2.33 bits per heavy atom. The van der Waals surface area contributed by atoms with Gasteiger partial charge in [-0.2, -0.15) is 0 Å². The second kappa shape index (κ2) is 7.17. The van der Waals surface area contributed by atoms with Crippen LogP contribution in [-0.2, 0) is 11.3 Å². The van der Waals surface area contributed by atoms with Gasteiger partial charge in [-0.05, 0) is 29.5 Å². The topological polar surface area (TPSA) is 49.3 Å². The third-order valence-corrected chi connectivity index (χ3v) is 2.99. The first kappa shape index (κ1) is 14.7. The molecule has 2 N–H and O–H groups in total. The van der Waals surface area contributed by atoms with E-state index in [4.69, 9.17) is 5.11 Å². The highest BCUT2D eigenvalue weighted by Gasteiger charge is 2.06. The van der Waals surface area contributed by atoms with Crippen molar-refractivity contribution >= 4 is 5.97 Å². The van der Waals surface area contributed by atoms with Gasteiger partial charge >= 0.3 is 5.97 Å². The summed E-state index contributed by atoms with van der Waals surface area (Å²) in [5.74, 6) is -0.00868. The average molecular weight is 249 g/mol. The summed E-state index contributed by atoms with van der Waals surface area (Å²) in [6.45, 7) is 7.84. The maximum absolute atomic E-state index is 10.5. The Morgan fingerprint density at radius 1 is 1.22 bits per heavy atom. The van der Waals surface area contributed by atoms with Crippen LogP contribution in [0.25, 0.3) is 0 Å². The van der Waals surface area contributed by atoms with Crippen molar-refractivity contribution in [2.45, 2.75) is 39.7 Å². The van der Waals surface area contributed by atoms with Crippen molar-refractivity contribution in [1.82, 2.24) is 5.32 Å². The van der Waals surface area contributed by atoms with Crippen LogP contribution in [0.3, 0.4) is 0 Å². The molecule has 0 radical (unpaired) electrons. The molecule has 1 aromatic rings. The monoisotopic (exact) mass is 249 g/mol. The summed E-state index contributed by atoms with van der Waals surface area (Å²) in [7, 11) is 0. The number of hydrogen-bond acceptors (Lipinski definition) is 2. The molecule has 1 atom stereocenters. The van der Waals surface area contributed by atoms with Crippen LogP contribution in [0.1, 0.15) is 44.2 Å². The molecule has 3 heteroatoms. The highest BCUT2D eigenvalue weighted by atomic mass is 16.4. The molecule has 1 rings (SSSR count). The number of carboxylic acid groups (broad SMARTS) is 1. The molecule has 0 bridgehead atoms. The van der Waals surface area contributed by atoms with Gasteiger partial charge in [0.1, 0.15) is 0 Å². The molecule has 100 valence electrons. The Kier molecular flexibility index (Phi) is 5.86. The van der Waals surface area contributed by atoms with Crippen molar-refractivity contribution in [3.63, 3.8) is 0 Å². The quantitative estimate of drug-likeness (QED) is 0.781. The molecule has 3 nitrogen and oxygen atoms in total.